The minimum atomic E-state index is -0.316. The maximum absolute atomic E-state index is 13.0. The monoisotopic (exact) mass is 374 g/mol. The van der Waals surface area contributed by atoms with Gasteiger partial charge in [-0.25, -0.2) is 4.39 Å². The van der Waals surface area contributed by atoms with Crippen LogP contribution in [0.4, 0.5) is 4.39 Å². The summed E-state index contributed by atoms with van der Waals surface area (Å²) < 4.78 is 23.5. The Balaban J connectivity index is 1.83. The lowest BCUT2D eigenvalue weighted by atomic mass is 9.93. The summed E-state index contributed by atoms with van der Waals surface area (Å²) in [5.74, 6) is 6.62. The van der Waals surface area contributed by atoms with Gasteiger partial charge in [-0.05, 0) is 60.9 Å². The largest absolute Gasteiger partial charge is 0.493 e. The molecule has 2 aromatic rings. The highest BCUT2D eigenvalue weighted by Gasteiger charge is 2.17. The third-order valence-electron chi connectivity index (χ3n) is 4.27. The van der Waals surface area contributed by atoms with Crippen molar-refractivity contribution < 1.29 is 18.7 Å². The quantitative estimate of drug-likeness (QED) is 0.443. The number of Topliss-reactive ketones (excluding diaryl/α,β-unsaturated/α-hetero) is 1. The van der Waals surface area contributed by atoms with E-state index in [1.54, 1.807) is 38.5 Å². The van der Waals surface area contributed by atoms with Gasteiger partial charge in [0.1, 0.15) is 5.82 Å². The van der Waals surface area contributed by atoms with E-state index in [1.807, 2.05) is 18.2 Å². The molecule has 0 aromatic heterocycles. The van der Waals surface area contributed by atoms with Gasteiger partial charge in [-0.15, -0.1) is 5.73 Å². The highest BCUT2D eigenvalue weighted by Crippen LogP contribution is 2.28. The third kappa shape index (κ3) is 4.59. The van der Waals surface area contributed by atoms with Crippen LogP contribution in [0.15, 0.2) is 65.4 Å². The minimum Gasteiger partial charge on any atom is -0.493 e. The SMILES string of the molecule is COc1ccc(C=C=C2CCC=C(C#Cc3ccc(F)cc3)C2=O)cc1OC. The van der Waals surface area contributed by atoms with Crippen LogP contribution in [0, 0.1) is 17.7 Å². The molecule has 0 heterocycles. The van der Waals surface area contributed by atoms with Gasteiger partial charge in [-0.3, -0.25) is 4.79 Å². The van der Waals surface area contributed by atoms with Crippen LogP contribution in [-0.2, 0) is 4.79 Å². The van der Waals surface area contributed by atoms with E-state index in [1.165, 1.54) is 12.1 Å². The van der Waals surface area contributed by atoms with Crippen LogP contribution in [0.3, 0.4) is 0 Å². The number of hydrogen-bond donors (Lipinski definition) is 0. The van der Waals surface area contributed by atoms with Crippen LogP contribution < -0.4 is 9.47 Å². The van der Waals surface area contributed by atoms with Crippen molar-refractivity contribution in [1.29, 1.82) is 0 Å². The third-order valence-corrected chi connectivity index (χ3v) is 4.27. The fourth-order valence-corrected chi connectivity index (χ4v) is 2.76. The number of carbonyl (C=O) groups is 1. The zero-order valence-corrected chi connectivity index (χ0v) is 15.7. The zero-order chi connectivity index (χ0) is 19.9. The van der Waals surface area contributed by atoms with E-state index < -0.39 is 0 Å². The number of allylic oxidation sites excluding steroid dienone is 3. The van der Waals surface area contributed by atoms with Gasteiger partial charge in [0.2, 0.25) is 5.78 Å². The van der Waals surface area contributed by atoms with Crippen LogP contribution in [-0.4, -0.2) is 20.0 Å². The van der Waals surface area contributed by atoms with Crippen molar-refractivity contribution in [3.63, 3.8) is 0 Å². The lowest BCUT2D eigenvalue weighted by molar-refractivity contribution is -0.112. The molecule has 0 N–H and O–H groups in total. The molecular formula is C24H19FO3. The number of rotatable bonds is 3. The molecule has 2 aromatic carbocycles. The Hall–Kier alpha value is -3.54. The first-order valence-electron chi connectivity index (χ1n) is 8.81. The Morgan fingerprint density at radius 3 is 2.46 bits per heavy atom. The predicted octanol–water partition coefficient (Wildman–Crippen LogP) is 4.72. The summed E-state index contributed by atoms with van der Waals surface area (Å²) in [7, 11) is 3.15. The molecule has 1 aliphatic carbocycles. The van der Waals surface area contributed by atoms with Crippen molar-refractivity contribution in [2.45, 2.75) is 12.8 Å². The van der Waals surface area contributed by atoms with E-state index in [-0.39, 0.29) is 11.6 Å². The molecule has 0 radical (unpaired) electrons. The molecule has 140 valence electrons. The summed E-state index contributed by atoms with van der Waals surface area (Å²) in [6.45, 7) is 0. The average molecular weight is 374 g/mol. The molecule has 3 rings (SSSR count). The van der Waals surface area contributed by atoms with Gasteiger partial charge in [0, 0.05) is 11.1 Å². The number of benzene rings is 2. The maximum Gasteiger partial charge on any atom is 0.204 e. The number of ketones is 1. The van der Waals surface area contributed by atoms with E-state index >= 15 is 0 Å². The Kier molecular flexibility index (Phi) is 6.11. The van der Waals surface area contributed by atoms with Gasteiger partial charge in [0.25, 0.3) is 0 Å². The standard InChI is InChI=1S/C24H19FO3/c1-27-22-15-10-18(16-23(22)28-2)7-12-20-5-3-4-19(24(20)26)11-6-17-8-13-21(25)14-9-17/h4,7-10,13-16H,3,5H2,1-2H3. The molecule has 0 spiro atoms. The Morgan fingerprint density at radius 1 is 1.00 bits per heavy atom. The van der Waals surface area contributed by atoms with Crippen LogP contribution in [0.2, 0.25) is 0 Å². The molecule has 0 atom stereocenters. The summed E-state index contributed by atoms with van der Waals surface area (Å²) in [5, 5.41) is 0. The van der Waals surface area contributed by atoms with Gasteiger partial charge in [0.15, 0.2) is 11.5 Å². The van der Waals surface area contributed by atoms with Crippen molar-refractivity contribution >= 4 is 11.9 Å². The van der Waals surface area contributed by atoms with Crippen molar-refractivity contribution in [3.8, 4) is 23.3 Å². The molecule has 4 heteroatoms. The molecule has 0 fully saturated rings. The Bertz CT molecular complexity index is 1040. The highest BCUT2D eigenvalue weighted by atomic mass is 19.1. The Labute approximate surface area is 163 Å². The number of hydrogen-bond acceptors (Lipinski definition) is 3. The summed E-state index contributed by atoms with van der Waals surface area (Å²) in [6.07, 6.45) is 4.93. The van der Waals surface area contributed by atoms with Gasteiger partial charge in [-0.2, -0.15) is 0 Å². The molecule has 0 saturated heterocycles. The molecule has 0 saturated carbocycles. The molecule has 0 amide bonds. The van der Waals surface area contributed by atoms with E-state index in [0.717, 1.165) is 12.0 Å². The Morgan fingerprint density at radius 2 is 1.75 bits per heavy atom. The average Bonchev–Trinajstić information content (AvgIpc) is 2.73. The first-order chi connectivity index (χ1) is 13.6. The highest BCUT2D eigenvalue weighted by molar-refractivity contribution is 6.12. The van der Waals surface area contributed by atoms with Gasteiger partial charge in [0.05, 0.1) is 19.8 Å². The predicted molar refractivity (Wildman–Crippen MR) is 107 cm³/mol. The molecule has 1 aliphatic rings. The lowest BCUT2D eigenvalue weighted by Gasteiger charge is -2.09. The first kappa shape index (κ1) is 19.2. The molecule has 0 bridgehead atoms. The van der Waals surface area contributed by atoms with Gasteiger partial charge in [-0.1, -0.05) is 24.0 Å². The van der Waals surface area contributed by atoms with Crippen molar-refractivity contribution in [3.05, 3.63) is 82.4 Å². The smallest absolute Gasteiger partial charge is 0.204 e. The number of halogens is 1. The summed E-state index contributed by atoms with van der Waals surface area (Å²) in [4.78, 5) is 12.7. The summed E-state index contributed by atoms with van der Waals surface area (Å²) >= 11 is 0. The van der Waals surface area contributed by atoms with Crippen LogP contribution in [0.5, 0.6) is 11.5 Å². The fourth-order valence-electron chi connectivity index (χ4n) is 2.76. The zero-order valence-electron chi connectivity index (χ0n) is 15.7. The first-order valence-corrected chi connectivity index (χ1v) is 8.81. The molecule has 0 unspecified atom stereocenters. The molecule has 0 aliphatic heterocycles. The molecular weight excluding hydrogens is 355 g/mol. The summed E-state index contributed by atoms with van der Waals surface area (Å²) in [6, 6.07) is 11.4. The second-order valence-electron chi connectivity index (χ2n) is 6.12. The summed E-state index contributed by atoms with van der Waals surface area (Å²) in [5.41, 5.74) is 5.64. The van der Waals surface area contributed by atoms with Crippen molar-refractivity contribution in [1.82, 2.24) is 0 Å². The van der Waals surface area contributed by atoms with Crippen LogP contribution in [0.1, 0.15) is 24.0 Å². The minimum absolute atomic E-state index is 0.127. The van der Waals surface area contributed by atoms with E-state index in [0.29, 0.717) is 34.6 Å². The van der Waals surface area contributed by atoms with Crippen LogP contribution >= 0.6 is 0 Å². The second kappa shape index (κ2) is 8.90. The normalized spacial score (nSPS) is 13.0. The van der Waals surface area contributed by atoms with Crippen molar-refractivity contribution in [2.75, 3.05) is 14.2 Å². The number of carbonyl (C=O) groups excluding carboxylic acids is 1. The van der Waals surface area contributed by atoms with E-state index in [9.17, 15) is 9.18 Å². The topological polar surface area (TPSA) is 35.5 Å². The number of ether oxygens (including phenoxy) is 2. The van der Waals surface area contributed by atoms with Gasteiger partial charge < -0.3 is 9.47 Å². The maximum atomic E-state index is 13.0. The lowest BCUT2D eigenvalue weighted by Crippen LogP contribution is -2.09. The molecule has 28 heavy (non-hydrogen) atoms. The van der Waals surface area contributed by atoms with Crippen LogP contribution in [0.25, 0.3) is 6.08 Å². The van der Waals surface area contributed by atoms with Crippen molar-refractivity contribution in [2.24, 2.45) is 0 Å². The van der Waals surface area contributed by atoms with E-state index in [4.69, 9.17) is 9.47 Å². The second-order valence-corrected chi connectivity index (χ2v) is 6.12. The van der Waals surface area contributed by atoms with Gasteiger partial charge >= 0.3 is 0 Å². The number of methoxy groups -OCH3 is 2. The molecule has 3 nitrogen and oxygen atoms in total. The van der Waals surface area contributed by atoms with E-state index in [2.05, 4.69) is 17.6 Å². The fraction of sp³-hybridized carbons (Fsp3) is 0.167.